The summed E-state index contributed by atoms with van der Waals surface area (Å²) in [6.45, 7) is 6.33. The summed E-state index contributed by atoms with van der Waals surface area (Å²) < 4.78 is 45.7. The van der Waals surface area contributed by atoms with Crippen LogP contribution in [0.25, 0.3) is 0 Å². The number of amides is 1. The lowest BCUT2D eigenvalue weighted by Gasteiger charge is -2.35. The van der Waals surface area contributed by atoms with Crippen molar-refractivity contribution in [1.82, 2.24) is 4.90 Å². The van der Waals surface area contributed by atoms with Crippen LogP contribution in [-0.2, 0) is 4.74 Å². The first-order chi connectivity index (χ1) is 11.9. The molecule has 1 aromatic rings. The van der Waals surface area contributed by atoms with Crippen LogP contribution in [0.15, 0.2) is 24.3 Å². The number of likely N-dealkylation sites (tertiary alicyclic amines) is 1. The highest BCUT2D eigenvalue weighted by Gasteiger charge is 2.32. The number of hydrogen-bond donors (Lipinski definition) is 1. The minimum Gasteiger partial charge on any atom is -0.444 e. The summed E-state index contributed by atoms with van der Waals surface area (Å²) in [6.07, 6.45) is -4.76. The molecule has 0 aromatic heterocycles. The van der Waals surface area contributed by atoms with Crippen molar-refractivity contribution >= 4 is 6.09 Å². The first-order valence-corrected chi connectivity index (χ1v) is 8.46. The number of alkyl halides is 3. The summed E-state index contributed by atoms with van der Waals surface area (Å²) in [7, 11) is 0. The van der Waals surface area contributed by atoms with Crippen LogP contribution in [0.4, 0.5) is 18.0 Å². The topological polar surface area (TPSA) is 59.0 Å². The van der Waals surface area contributed by atoms with Gasteiger partial charge in [-0.3, -0.25) is 0 Å². The molecule has 0 aliphatic carbocycles. The molecule has 1 amide bonds. The predicted octanol–water partition coefficient (Wildman–Crippen LogP) is 4.27. The molecule has 1 saturated heterocycles. The van der Waals surface area contributed by atoms with Gasteiger partial charge in [0.15, 0.2) is 0 Å². The maximum Gasteiger partial charge on any atom is 0.573 e. The summed E-state index contributed by atoms with van der Waals surface area (Å²) in [5, 5.41) is 10.5. The van der Waals surface area contributed by atoms with Crippen LogP contribution in [0.1, 0.15) is 45.3 Å². The van der Waals surface area contributed by atoms with E-state index in [4.69, 9.17) is 4.74 Å². The third kappa shape index (κ3) is 6.09. The van der Waals surface area contributed by atoms with Crippen LogP contribution in [0, 0.1) is 5.92 Å². The van der Waals surface area contributed by atoms with Crippen molar-refractivity contribution in [2.75, 3.05) is 13.1 Å². The molecular weight excluding hydrogens is 351 g/mol. The van der Waals surface area contributed by atoms with E-state index < -0.39 is 18.1 Å². The molecule has 26 heavy (non-hydrogen) atoms. The molecule has 1 aromatic carbocycles. The van der Waals surface area contributed by atoms with Gasteiger partial charge >= 0.3 is 12.5 Å². The Morgan fingerprint density at radius 3 is 2.15 bits per heavy atom. The fourth-order valence-corrected chi connectivity index (χ4v) is 2.86. The molecule has 1 heterocycles. The van der Waals surface area contributed by atoms with E-state index in [1.54, 1.807) is 25.7 Å². The fourth-order valence-electron chi connectivity index (χ4n) is 2.86. The zero-order valence-corrected chi connectivity index (χ0v) is 15.0. The number of aliphatic hydroxyl groups is 1. The highest BCUT2D eigenvalue weighted by atomic mass is 19.4. The molecule has 1 fully saturated rings. The van der Waals surface area contributed by atoms with E-state index in [2.05, 4.69) is 4.74 Å². The molecule has 0 radical (unpaired) electrons. The summed E-state index contributed by atoms with van der Waals surface area (Å²) in [5.74, 6) is -0.406. The SMILES string of the molecule is CC(C)(C)OC(=O)N1CCC(C(O)c2ccc(OC(F)(F)F)cc2)CC1. The lowest BCUT2D eigenvalue weighted by atomic mass is 9.87. The van der Waals surface area contributed by atoms with Gasteiger partial charge in [0.2, 0.25) is 0 Å². The van der Waals surface area contributed by atoms with Gasteiger partial charge in [0, 0.05) is 13.1 Å². The van der Waals surface area contributed by atoms with Gasteiger partial charge in [0.1, 0.15) is 11.4 Å². The third-order valence-corrected chi connectivity index (χ3v) is 4.09. The highest BCUT2D eigenvalue weighted by molar-refractivity contribution is 5.68. The van der Waals surface area contributed by atoms with Crippen LogP contribution in [0.5, 0.6) is 5.75 Å². The van der Waals surface area contributed by atoms with Gasteiger partial charge in [-0.1, -0.05) is 12.1 Å². The van der Waals surface area contributed by atoms with Gasteiger partial charge in [-0.25, -0.2) is 4.79 Å². The zero-order valence-electron chi connectivity index (χ0n) is 15.0. The Morgan fingerprint density at radius 1 is 1.15 bits per heavy atom. The zero-order chi connectivity index (χ0) is 19.5. The number of rotatable bonds is 3. The van der Waals surface area contributed by atoms with E-state index in [9.17, 15) is 23.1 Å². The Kier molecular flexibility index (Phi) is 6.05. The summed E-state index contributed by atoms with van der Waals surface area (Å²) in [5.41, 5.74) is -0.0385. The highest BCUT2D eigenvalue weighted by Crippen LogP contribution is 2.32. The van der Waals surface area contributed by atoms with Crippen LogP contribution < -0.4 is 4.74 Å². The largest absolute Gasteiger partial charge is 0.573 e. The number of benzene rings is 1. The van der Waals surface area contributed by atoms with Crippen molar-refractivity contribution in [1.29, 1.82) is 0 Å². The van der Waals surface area contributed by atoms with Crippen molar-refractivity contribution in [3.8, 4) is 5.75 Å². The molecule has 0 saturated carbocycles. The molecule has 8 heteroatoms. The lowest BCUT2D eigenvalue weighted by Crippen LogP contribution is -2.42. The minimum atomic E-state index is -4.74. The first-order valence-electron chi connectivity index (χ1n) is 8.46. The van der Waals surface area contributed by atoms with Gasteiger partial charge in [-0.2, -0.15) is 0 Å². The van der Waals surface area contributed by atoms with E-state index in [0.29, 0.717) is 31.5 Å². The monoisotopic (exact) mass is 375 g/mol. The Morgan fingerprint density at radius 2 is 1.69 bits per heavy atom. The van der Waals surface area contributed by atoms with Crippen molar-refractivity contribution < 1.29 is 32.5 Å². The van der Waals surface area contributed by atoms with Crippen molar-refractivity contribution in [3.63, 3.8) is 0 Å². The number of hydrogen-bond acceptors (Lipinski definition) is 4. The van der Waals surface area contributed by atoms with Gasteiger partial charge in [-0.15, -0.1) is 13.2 Å². The molecule has 2 rings (SSSR count). The molecule has 1 unspecified atom stereocenters. The van der Waals surface area contributed by atoms with Gasteiger partial charge < -0.3 is 19.5 Å². The molecule has 5 nitrogen and oxygen atoms in total. The standard InChI is InChI=1S/C18H24F3NO4/c1-17(2,3)26-16(24)22-10-8-13(9-11-22)15(23)12-4-6-14(7-5-12)25-18(19,20)21/h4-7,13,15,23H,8-11H2,1-3H3. The normalized spacial score (nSPS) is 17.7. The second-order valence-electron chi connectivity index (χ2n) is 7.37. The molecule has 1 aliphatic rings. The minimum absolute atomic E-state index is 0.0805. The number of nitrogens with zero attached hydrogens (tertiary/aromatic N) is 1. The Balaban J connectivity index is 1.90. The number of halogens is 3. The maximum atomic E-state index is 12.2. The number of ether oxygens (including phenoxy) is 2. The van der Waals surface area contributed by atoms with Crippen LogP contribution >= 0.6 is 0 Å². The first kappa shape index (κ1) is 20.4. The van der Waals surface area contributed by atoms with Crippen LogP contribution in [-0.4, -0.2) is 41.2 Å². The van der Waals surface area contributed by atoms with Crippen molar-refractivity contribution in [3.05, 3.63) is 29.8 Å². The molecule has 1 atom stereocenters. The quantitative estimate of drug-likeness (QED) is 0.857. The maximum absolute atomic E-state index is 12.2. The predicted molar refractivity (Wildman–Crippen MR) is 88.6 cm³/mol. The lowest BCUT2D eigenvalue weighted by molar-refractivity contribution is -0.274. The smallest absolute Gasteiger partial charge is 0.444 e. The molecule has 0 spiro atoms. The summed E-state index contributed by atoms with van der Waals surface area (Å²) in [6, 6.07) is 5.21. The Hall–Kier alpha value is -1.96. The van der Waals surface area contributed by atoms with E-state index in [0.717, 1.165) is 0 Å². The van der Waals surface area contributed by atoms with E-state index in [-0.39, 0.29) is 17.8 Å². The Labute approximate surface area is 150 Å². The van der Waals surface area contributed by atoms with Crippen LogP contribution in [0.2, 0.25) is 0 Å². The van der Waals surface area contributed by atoms with E-state index in [1.165, 1.54) is 24.3 Å². The number of aliphatic hydroxyl groups excluding tert-OH is 1. The summed E-state index contributed by atoms with van der Waals surface area (Å²) in [4.78, 5) is 13.7. The molecule has 1 aliphatic heterocycles. The number of carbonyl (C=O) groups excluding carboxylic acids is 1. The molecule has 0 bridgehead atoms. The molecule has 1 N–H and O–H groups in total. The van der Waals surface area contributed by atoms with Crippen LogP contribution in [0.3, 0.4) is 0 Å². The van der Waals surface area contributed by atoms with Gasteiger partial charge in [0.05, 0.1) is 6.10 Å². The Bertz CT molecular complexity index is 602. The van der Waals surface area contributed by atoms with Crippen molar-refractivity contribution in [2.24, 2.45) is 5.92 Å². The average molecular weight is 375 g/mol. The molecular formula is C18H24F3NO4. The number of piperidine rings is 1. The van der Waals surface area contributed by atoms with Crippen molar-refractivity contribution in [2.45, 2.75) is 51.7 Å². The van der Waals surface area contributed by atoms with E-state index >= 15 is 0 Å². The molecule has 146 valence electrons. The summed E-state index contributed by atoms with van der Waals surface area (Å²) >= 11 is 0. The third-order valence-electron chi connectivity index (χ3n) is 4.09. The van der Waals surface area contributed by atoms with Gasteiger partial charge in [0.25, 0.3) is 0 Å². The average Bonchev–Trinajstić information content (AvgIpc) is 2.52. The second kappa shape index (κ2) is 7.73. The fraction of sp³-hybridized carbons (Fsp3) is 0.611. The van der Waals surface area contributed by atoms with Gasteiger partial charge in [-0.05, 0) is 57.2 Å². The second-order valence-corrected chi connectivity index (χ2v) is 7.37. The van der Waals surface area contributed by atoms with E-state index in [1.807, 2.05) is 0 Å². The number of carbonyl (C=O) groups is 1.